The smallest absolute Gasteiger partial charge is 0.302 e. The summed E-state index contributed by atoms with van der Waals surface area (Å²) in [6.07, 6.45) is -10.0. The summed E-state index contributed by atoms with van der Waals surface area (Å²) in [4.78, 5) is 10.4. The summed E-state index contributed by atoms with van der Waals surface area (Å²) in [6, 6.07) is 1.50. The molecule has 1 rings (SSSR count). The topological polar surface area (TPSA) is 17.1 Å². The van der Waals surface area contributed by atoms with Crippen molar-refractivity contribution < 1.29 is 31.1 Å². The number of alkyl halides is 6. The van der Waals surface area contributed by atoms with E-state index in [0.29, 0.717) is 18.2 Å². The number of carbonyl (C=O) groups is 1. The van der Waals surface area contributed by atoms with E-state index in [1.807, 2.05) is 0 Å². The first-order valence-electron chi connectivity index (χ1n) is 4.46. The Morgan fingerprint density at radius 3 is 2.00 bits per heavy atom. The van der Waals surface area contributed by atoms with Gasteiger partial charge in [-0.15, -0.1) is 0 Å². The molecular formula is C10H5ClF6O. The zero-order valence-electron chi connectivity index (χ0n) is 8.44. The summed E-state index contributed by atoms with van der Waals surface area (Å²) in [7, 11) is 0. The maximum Gasteiger partial charge on any atom is 0.417 e. The van der Waals surface area contributed by atoms with E-state index in [-0.39, 0.29) is 6.29 Å². The Hall–Kier alpha value is -1.24. The van der Waals surface area contributed by atoms with E-state index in [9.17, 15) is 31.1 Å². The van der Waals surface area contributed by atoms with E-state index in [1.165, 1.54) is 0 Å². The first-order chi connectivity index (χ1) is 8.07. The SMILES string of the molecule is O=CC(c1ccc(C(F)(F)F)c(Cl)c1)C(F)(F)F. The van der Waals surface area contributed by atoms with Gasteiger partial charge in [-0.3, -0.25) is 0 Å². The van der Waals surface area contributed by atoms with Gasteiger partial charge in [0.25, 0.3) is 0 Å². The van der Waals surface area contributed by atoms with Crippen molar-refractivity contribution in [1.82, 2.24) is 0 Å². The van der Waals surface area contributed by atoms with Crippen LogP contribution in [-0.2, 0) is 11.0 Å². The molecule has 1 nitrogen and oxygen atoms in total. The number of rotatable bonds is 2. The molecule has 1 atom stereocenters. The molecule has 0 N–H and O–H groups in total. The van der Waals surface area contributed by atoms with Crippen LogP contribution in [0.1, 0.15) is 17.0 Å². The Balaban J connectivity index is 3.23. The largest absolute Gasteiger partial charge is 0.417 e. The number of aldehydes is 1. The van der Waals surface area contributed by atoms with Crippen LogP contribution in [0.3, 0.4) is 0 Å². The Labute approximate surface area is 102 Å². The van der Waals surface area contributed by atoms with Gasteiger partial charge in [0, 0.05) is 0 Å². The fourth-order valence-corrected chi connectivity index (χ4v) is 1.60. The average Bonchev–Trinajstić information content (AvgIpc) is 2.14. The Kier molecular flexibility index (Phi) is 3.95. The molecule has 0 saturated carbocycles. The number of benzene rings is 1. The van der Waals surface area contributed by atoms with Crippen molar-refractivity contribution in [2.45, 2.75) is 18.3 Å². The lowest BCUT2D eigenvalue weighted by atomic mass is 9.98. The molecule has 1 aromatic carbocycles. The normalized spacial score (nSPS) is 14.4. The third-order valence-electron chi connectivity index (χ3n) is 2.15. The zero-order chi connectivity index (χ0) is 14.1. The average molecular weight is 291 g/mol. The summed E-state index contributed by atoms with van der Waals surface area (Å²) in [5.74, 6) is -2.49. The van der Waals surface area contributed by atoms with Crippen molar-refractivity contribution in [2.24, 2.45) is 0 Å². The van der Waals surface area contributed by atoms with Crippen LogP contribution in [0, 0.1) is 0 Å². The van der Waals surface area contributed by atoms with Crippen molar-refractivity contribution in [3.63, 3.8) is 0 Å². The second-order valence-corrected chi connectivity index (χ2v) is 3.80. The molecule has 0 fully saturated rings. The Morgan fingerprint density at radius 2 is 1.67 bits per heavy atom. The fourth-order valence-electron chi connectivity index (χ4n) is 1.30. The van der Waals surface area contributed by atoms with Gasteiger partial charge in [0.2, 0.25) is 0 Å². The van der Waals surface area contributed by atoms with Crippen LogP contribution in [0.2, 0.25) is 5.02 Å². The molecule has 0 aromatic heterocycles. The number of halogens is 7. The van der Waals surface area contributed by atoms with Crippen LogP contribution in [0.5, 0.6) is 0 Å². The van der Waals surface area contributed by atoms with E-state index in [4.69, 9.17) is 11.6 Å². The van der Waals surface area contributed by atoms with E-state index in [2.05, 4.69) is 0 Å². The van der Waals surface area contributed by atoms with Crippen molar-refractivity contribution in [2.75, 3.05) is 0 Å². The van der Waals surface area contributed by atoms with Crippen LogP contribution in [-0.4, -0.2) is 12.5 Å². The van der Waals surface area contributed by atoms with Gasteiger partial charge in [0.15, 0.2) is 0 Å². The maximum atomic E-state index is 12.4. The summed E-state index contributed by atoms with van der Waals surface area (Å²) >= 11 is 5.26. The lowest BCUT2D eigenvalue weighted by molar-refractivity contribution is -0.155. The molecule has 0 saturated heterocycles. The highest BCUT2D eigenvalue weighted by Crippen LogP contribution is 2.39. The van der Waals surface area contributed by atoms with Crippen LogP contribution in [0.25, 0.3) is 0 Å². The summed E-state index contributed by atoms with van der Waals surface area (Å²) < 4.78 is 74.1. The van der Waals surface area contributed by atoms with Crippen LogP contribution in [0.15, 0.2) is 18.2 Å². The molecular weight excluding hydrogens is 286 g/mol. The third kappa shape index (κ3) is 3.16. The lowest BCUT2D eigenvalue weighted by Gasteiger charge is -2.16. The quantitative estimate of drug-likeness (QED) is 0.589. The van der Waals surface area contributed by atoms with Crippen molar-refractivity contribution >= 4 is 17.9 Å². The molecule has 18 heavy (non-hydrogen) atoms. The molecule has 1 aromatic rings. The van der Waals surface area contributed by atoms with E-state index >= 15 is 0 Å². The second kappa shape index (κ2) is 4.79. The van der Waals surface area contributed by atoms with Crippen LogP contribution >= 0.6 is 11.6 Å². The first kappa shape index (κ1) is 14.8. The molecule has 0 bridgehead atoms. The summed E-state index contributed by atoms with van der Waals surface area (Å²) in [6.45, 7) is 0. The predicted octanol–water partition coefficient (Wildman–Crippen LogP) is 4.20. The Bertz CT molecular complexity index is 451. The van der Waals surface area contributed by atoms with Crippen molar-refractivity contribution in [3.05, 3.63) is 34.3 Å². The third-order valence-corrected chi connectivity index (χ3v) is 2.46. The van der Waals surface area contributed by atoms with Crippen molar-refractivity contribution in [3.8, 4) is 0 Å². The minimum Gasteiger partial charge on any atom is -0.302 e. The van der Waals surface area contributed by atoms with Crippen molar-refractivity contribution in [1.29, 1.82) is 0 Å². The van der Waals surface area contributed by atoms with Crippen LogP contribution in [0.4, 0.5) is 26.3 Å². The van der Waals surface area contributed by atoms with Gasteiger partial charge in [0.1, 0.15) is 12.2 Å². The minimum atomic E-state index is -4.87. The summed E-state index contributed by atoms with van der Waals surface area (Å²) in [5, 5.41) is -0.879. The molecule has 100 valence electrons. The molecule has 0 amide bonds. The maximum absolute atomic E-state index is 12.4. The molecule has 0 heterocycles. The van der Waals surface area contributed by atoms with E-state index < -0.39 is 34.4 Å². The lowest BCUT2D eigenvalue weighted by Crippen LogP contribution is -2.22. The standard InChI is InChI=1S/C10H5ClF6O/c11-8-3-5(7(4-18)10(15,16)17)1-2-6(8)9(12,13)14/h1-4,7H. The van der Waals surface area contributed by atoms with Gasteiger partial charge < -0.3 is 4.79 Å². The molecule has 0 radical (unpaired) electrons. The molecule has 8 heteroatoms. The van der Waals surface area contributed by atoms with Gasteiger partial charge in [-0.05, 0) is 17.7 Å². The summed E-state index contributed by atoms with van der Waals surface area (Å²) in [5.41, 5.74) is -1.88. The number of hydrogen-bond donors (Lipinski definition) is 0. The monoisotopic (exact) mass is 290 g/mol. The molecule has 0 aliphatic rings. The highest BCUT2D eigenvalue weighted by atomic mass is 35.5. The van der Waals surface area contributed by atoms with Gasteiger partial charge >= 0.3 is 12.4 Å². The van der Waals surface area contributed by atoms with Gasteiger partial charge in [-0.1, -0.05) is 17.7 Å². The number of carbonyl (C=O) groups excluding carboxylic acids is 1. The first-order valence-corrected chi connectivity index (χ1v) is 4.84. The van der Waals surface area contributed by atoms with Gasteiger partial charge in [-0.25, -0.2) is 0 Å². The zero-order valence-corrected chi connectivity index (χ0v) is 9.20. The molecule has 0 spiro atoms. The fraction of sp³-hybridized carbons (Fsp3) is 0.300. The molecule has 0 aliphatic carbocycles. The van der Waals surface area contributed by atoms with E-state index in [0.717, 1.165) is 0 Å². The predicted molar refractivity (Wildman–Crippen MR) is 51.3 cm³/mol. The van der Waals surface area contributed by atoms with Gasteiger partial charge in [0.05, 0.1) is 10.6 Å². The van der Waals surface area contributed by atoms with E-state index in [1.54, 1.807) is 0 Å². The highest BCUT2D eigenvalue weighted by Gasteiger charge is 2.41. The number of hydrogen-bond acceptors (Lipinski definition) is 1. The minimum absolute atomic E-state index is 0.390. The Morgan fingerprint density at radius 1 is 1.11 bits per heavy atom. The second-order valence-electron chi connectivity index (χ2n) is 3.39. The molecule has 0 aliphatic heterocycles. The van der Waals surface area contributed by atoms with Crippen LogP contribution < -0.4 is 0 Å². The van der Waals surface area contributed by atoms with Gasteiger partial charge in [-0.2, -0.15) is 26.3 Å². The molecule has 1 unspecified atom stereocenters. The highest BCUT2D eigenvalue weighted by molar-refractivity contribution is 6.31.